The van der Waals surface area contributed by atoms with Crippen LogP contribution in [0.5, 0.6) is 0 Å². The van der Waals surface area contributed by atoms with Crippen molar-refractivity contribution in [1.29, 1.82) is 26.3 Å². The number of piperidine rings is 2. The average Bonchev–Trinajstić information content (AvgIpc) is 0.716. The molecule has 14 rings (SSSR count). The molecule has 7 aliphatic rings. The first-order valence-corrected chi connectivity index (χ1v) is 37.2. The number of benzene rings is 7. The quantitative estimate of drug-likeness (QED) is 0.0826. The minimum atomic E-state index is -1.76. The van der Waals surface area contributed by atoms with E-state index >= 15 is 0 Å². The maximum atomic E-state index is 10.7. The van der Waals surface area contributed by atoms with Crippen LogP contribution in [0.25, 0.3) is 10.9 Å². The fraction of sp³-hybridized carbons (Fsp3) is 0.432. The summed E-state index contributed by atoms with van der Waals surface area (Å²) in [6.45, 7) is 35.6. The number of nitrogens with zero attached hydrogens (tertiary/aromatic N) is 12. The van der Waals surface area contributed by atoms with Crippen molar-refractivity contribution in [2.24, 2.45) is 0 Å². The predicted octanol–water partition coefficient (Wildman–Crippen LogP) is 16.2. The summed E-state index contributed by atoms with van der Waals surface area (Å²) >= 11 is 0. The van der Waals surface area contributed by atoms with Gasteiger partial charge in [-0.25, -0.2) is 11.4 Å². The van der Waals surface area contributed by atoms with Gasteiger partial charge in [0.15, 0.2) is 17.7 Å². The molecular weight excluding hydrogens is 1320 g/mol. The SMILES string of the molecule is CC1(C)CCCC(C)(C)N1OC1COCCN1c1ccccc1.N#CC(C#N)=Cc1ccccc1.N#CC1(C#N)c2ccccc2N2CCOCC2C1c1ccccc1.[C-]#[N+]C(C#N)(ON1C(C)(C)CCCC1(C)C)C(c1ccccc1)[C@@H]1COCCN1c1ccccc1.c1ccc(N2CCOCC2)cc1. The number of morpholine rings is 4. The summed E-state index contributed by atoms with van der Waals surface area (Å²) in [5.41, 5.74) is 4.76. The van der Waals surface area contributed by atoms with Gasteiger partial charge in [-0.3, -0.25) is 9.68 Å². The molecule has 0 radical (unpaired) electrons. The van der Waals surface area contributed by atoms with Crippen molar-refractivity contribution < 1.29 is 28.6 Å². The lowest BCUT2D eigenvalue weighted by molar-refractivity contribution is -0.318. The third-order valence-electron chi connectivity index (χ3n) is 21.2. The van der Waals surface area contributed by atoms with Gasteiger partial charge in [0.2, 0.25) is 0 Å². The average molecular weight is 1420 g/mol. The van der Waals surface area contributed by atoms with Crippen LogP contribution < -0.4 is 19.6 Å². The number of hydroxylamine groups is 4. The highest BCUT2D eigenvalue weighted by atomic mass is 16.7. The molecule has 0 spiro atoms. The number of hydrogen-bond acceptors (Lipinski definition) is 17. The van der Waals surface area contributed by atoms with Gasteiger partial charge in [0.1, 0.15) is 23.6 Å². The lowest BCUT2D eigenvalue weighted by atomic mass is 9.63. The number of para-hydroxylation sites is 4. The van der Waals surface area contributed by atoms with E-state index in [-0.39, 0.29) is 52.0 Å². The molecule has 6 saturated heterocycles. The Morgan fingerprint density at radius 1 is 0.500 bits per heavy atom. The Labute approximate surface area is 629 Å². The lowest BCUT2D eigenvalue weighted by Gasteiger charge is -2.53. The number of allylic oxidation sites excluding steroid dienone is 1. The number of anilines is 4. The van der Waals surface area contributed by atoms with Crippen LogP contribution in [-0.4, -0.2) is 142 Å². The van der Waals surface area contributed by atoms with Gasteiger partial charge >= 0.3 is 5.72 Å². The molecule has 6 fully saturated rings. The number of fused-ring (bicyclic) bond motifs is 3. The molecule has 0 aliphatic carbocycles. The minimum Gasteiger partial charge on any atom is -0.378 e. The molecule has 18 nitrogen and oxygen atoms in total. The minimum absolute atomic E-state index is 0.0182. The molecule has 7 aromatic carbocycles. The van der Waals surface area contributed by atoms with Crippen LogP contribution in [0.15, 0.2) is 212 Å². The van der Waals surface area contributed by atoms with E-state index < -0.39 is 17.1 Å². The van der Waals surface area contributed by atoms with Crippen molar-refractivity contribution in [3.05, 3.63) is 246 Å². The first-order chi connectivity index (χ1) is 51.3. The van der Waals surface area contributed by atoms with Gasteiger partial charge in [0.25, 0.3) is 0 Å². The first kappa shape index (κ1) is 78.7. The molecule has 0 saturated carbocycles. The van der Waals surface area contributed by atoms with E-state index in [1.807, 2.05) is 145 Å². The molecule has 6 atom stereocenters. The van der Waals surface area contributed by atoms with Crippen LogP contribution in [0.3, 0.4) is 0 Å². The largest absolute Gasteiger partial charge is 0.449 e. The zero-order valence-corrected chi connectivity index (χ0v) is 62.8. The van der Waals surface area contributed by atoms with Crippen molar-refractivity contribution >= 4 is 28.8 Å². The normalized spacial score (nSPS) is 22.5. The standard InChI is InChI=1S/C29H36N4O2.C20H17N3O.C19H30N2O2.C10H6N2.C10H13NO/c1-27(2)17-12-18-28(3,4)33(27)35-29(22-30,31-5)26(23-13-8-6-9-14-23)25-21-34-20-19-32(25)24-15-10-7-11-16-24;21-13-20(14-22)16-8-4-5-9-17(16)23-10-11-24-12-18(23)19(20)15-6-2-1-3-7-15;1-18(2)11-8-12-19(3,4)21(18)23-17-15-22-14-13-20(17)16-9-6-5-7-10-16;11-7-10(8-12)6-9-4-2-1-3-5-9;1-2-4-10(5-3-1)11-6-8-12-9-7-11/h6-11,13-16,25-26H,12,17-21H2,1-4H3;1-9,18-19H,10-12H2;5-7,9-10,17H,8,11-15H2,1-4H3;1-6H;1-5H,6-9H2/t25-,26?,29?;;;;/m0..../s1. The Morgan fingerprint density at radius 2 is 0.943 bits per heavy atom. The summed E-state index contributed by atoms with van der Waals surface area (Å²) in [6, 6.07) is 78.4. The lowest BCUT2D eigenvalue weighted by Crippen LogP contribution is -2.63. The number of nitriles is 5. The fourth-order valence-electron chi connectivity index (χ4n) is 16.2. The monoisotopic (exact) mass is 1420 g/mol. The predicted molar refractivity (Wildman–Crippen MR) is 416 cm³/mol. The molecule has 0 amide bonds. The van der Waals surface area contributed by atoms with Crippen molar-refractivity contribution in [2.45, 2.75) is 157 Å². The molecule has 0 aromatic heterocycles. The van der Waals surface area contributed by atoms with E-state index in [0.29, 0.717) is 39.6 Å². The van der Waals surface area contributed by atoms with E-state index in [9.17, 15) is 15.8 Å². The van der Waals surface area contributed by atoms with Crippen molar-refractivity contribution in [3.8, 4) is 30.3 Å². The summed E-state index contributed by atoms with van der Waals surface area (Å²) in [6.07, 6.45) is 8.03. The zero-order valence-electron chi connectivity index (χ0n) is 62.8. The molecule has 0 bridgehead atoms. The molecule has 7 heterocycles. The summed E-state index contributed by atoms with van der Waals surface area (Å²) < 4.78 is 22.7. The highest BCUT2D eigenvalue weighted by Crippen LogP contribution is 2.52. The van der Waals surface area contributed by atoms with Crippen molar-refractivity contribution in [3.63, 3.8) is 0 Å². The Balaban J connectivity index is 0.000000150. The van der Waals surface area contributed by atoms with Crippen LogP contribution in [0.2, 0.25) is 0 Å². The fourth-order valence-corrected chi connectivity index (χ4v) is 16.2. The Kier molecular flexibility index (Phi) is 27.0. The highest BCUT2D eigenvalue weighted by molar-refractivity contribution is 5.68. The van der Waals surface area contributed by atoms with Crippen molar-refractivity contribution in [1.82, 2.24) is 10.1 Å². The smallest absolute Gasteiger partial charge is 0.378 e. The topological polar surface area (TPSA) is 198 Å². The van der Waals surface area contributed by atoms with Gasteiger partial charge in [-0.2, -0.15) is 36.4 Å². The van der Waals surface area contributed by atoms with Crippen LogP contribution >= 0.6 is 0 Å². The second-order valence-electron chi connectivity index (χ2n) is 30.2. The van der Waals surface area contributed by atoms with E-state index in [1.54, 1.807) is 18.2 Å². The third kappa shape index (κ3) is 18.7. The molecule has 7 aliphatic heterocycles. The summed E-state index contributed by atoms with van der Waals surface area (Å²) in [4.78, 5) is 26.5. The number of hydrogen-bond donors (Lipinski definition) is 0. The second kappa shape index (κ2) is 36.4. The molecule has 550 valence electrons. The summed E-state index contributed by atoms with van der Waals surface area (Å²) in [7, 11) is 0. The van der Waals surface area contributed by atoms with Crippen LogP contribution in [0.4, 0.5) is 22.7 Å². The Hall–Kier alpha value is -9.90. The van der Waals surface area contributed by atoms with E-state index in [4.69, 9.17) is 45.7 Å². The molecule has 18 heteroatoms. The molecular formula is C88H102N12O6. The van der Waals surface area contributed by atoms with Gasteiger partial charge in [0, 0.05) is 89.1 Å². The summed E-state index contributed by atoms with van der Waals surface area (Å²) in [5, 5.41) is 51.9. The van der Waals surface area contributed by atoms with Crippen LogP contribution in [0, 0.1) is 63.2 Å². The first-order valence-electron chi connectivity index (χ1n) is 37.2. The van der Waals surface area contributed by atoms with Gasteiger partial charge in [0.05, 0.1) is 77.1 Å². The maximum Gasteiger partial charge on any atom is 0.449 e. The Bertz CT molecular complexity index is 4140. The molecule has 0 N–H and O–H groups in total. The van der Waals surface area contributed by atoms with Gasteiger partial charge in [-0.1, -0.05) is 164 Å². The van der Waals surface area contributed by atoms with Crippen LogP contribution in [-0.2, 0) is 34.0 Å². The van der Waals surface area contributed by atoms with E-state index in [2.05, 4.69) is 170 Å². The Morgan fingerprint density at radius 3 is 1.47 bits per heavy atom. The van der Waals surface area contributed by atoms with Crippen LogP contribution in [0.1, 0.15) is 128 Å². The molecule has 106 heavy (non-hydrogen) atoms. The maximum absolute atomic E-state index is 10.7. The number of rotatable bonds is 12. The van der Waals surface area contributed by atoms with Gasteiger partial charge in [-0.05, 0) is 159 Å². The third-order valence-corrected chi connectivity index (χ3v) is 21.2. The highest BCUT2D eigenvalue weighted by Gasteiger charge is 2.60. The zero-order chi connectivity index (χ0) is 75.2. The summed E-state index contributed by atoms with van der Waals surface area (Å²) in [5.74, 6) is -0.802. The van der Waals surface area contributed by atoms with E-state index in [0.717, 1.165) is 112 Å². The van der Waals surface area contributed by atoms with E-state index in [1.165, 1.54) is 17.8 Å². The number of ether oxygens (including phenoxy) is 4. The molecule has 5 unspecified atom stereocenters. The van der Waals surface area contributed by atoms with Crippen molar-refractivity contribution in [2.75, 3.05) is 105 Å². The second-order valence-corrected chi connectivity index (χ2v) is 30.2. The van der Waals surface area contributed by atoms with Gasteiger partial charge < -0.3 is 38.5 Å². The van der Waals surface area contributed by atoms with Gasteiger partial charge in [-0.15, -0.1) is 0 Å². The molecule has 7 aromatic rings.